The van der Waals surface area contributed by atoms with E-state index in [2.05, 4.69) is 15.0 Å². The molecule has 20 heavy (non-hydrogen) atoms. The standard InChI is InChI=1S/C10H13N5O4.Co/c11-8-5-9(13-2-12-8)15(3-14-5)10-7(18)6(17)4(1-16)19-10;/h2-4,6-7,10,16-18H,1H2,(H2,11,12,13);/t4-,6-,7-,10-;/m1./s1. The van der Waals surface area contributed by atoms with Crippen molar-refractivity contribution < 1.29 is 36.8 Å². The van der Waals surface area contributed by atoms with Gasteiger partial charge in [-0.2, -0.15) is 0 Å². The number of aliphatic hydroxyl groups excluding tert-OH is 3. The Balaban J connectivity index is 0.00000147. The smallest absolute Gasteiger partial charge is 0.167 e. The van der Waals surface area contributed by atoms with Gasteiger partial charge in [-0.05, 0) is 0 Å². The number of aliphatic hydroxyl groups is 3. The third-order valence-corrected chi connectivity index (χ3v) is 3.18. The SMILES string of the molecule is Nc1ncnc2c1ncn2[C@@H]1O[C@H](CO)[C@@H](O)[C@H]1O.[Co]. The van der Waals surface area contributed by atoms with Crippen LogP contribution in [-0.4, -0.2) is 59.8 Å². The predicted molar refractivity (Wildman–Crippen MR) is 62.7 cm³/mol. The van der Waals surface area contributed by atoms with E-state index in [4.69, 9.17) is 15.6 Å². The number of hydrogen-bond donors (Lipinski definition) is 4. The molecule has 3 rings (SSSR count). The van der Waals surface area contributed by atoms with Crippen molar-refractivity contribution >= 4 is 17.0 Å². The van der Waals surface area contributed by atoms with Gasteiger partial charge in [-0.25, -0.2) is 15.0 Å². The Morgan fingerprint density at radius 1 is 1.25 bits per heavy atom. The fourth-order valence-electron chi connectivity index (χ4n) is 2.17. The van der Waals surface area contributed by atoms with Gasteiger partial charge in [0, 0.05) is 16.8 Å². The summed E-state index contributed by atoms with van der Waals surface area (Å²) in [5, 5.41) is 28.7. The van der Waals surface area contributed by atoms with E-state index in [1.807, 2.05) is 0 Å². The second-order valence-electron chi connectivity index (χ2n) is 4.31. The molecule has 111 valence electrons. The fourth-order valence-corrected chi connectivity index (χ4v) is 2.17. The maximum absolute atomic E-state index is 9.95. The van der Waals surface area contributed by atoms with Crippen molar-refractivity contribution in [3.05, 3.63) is 12.7 Å². The van der Waals surface area contributed by atoms with Gasteiger partial charge in [0.05, 0.1) is 12.9 Å². The van der Waals surface area contributed by atoms with Gasteiger partial charge in [-0.15, -0.1) is 0 Å². The number of aromatic nitrogens is 4. The molecule has 9 nitrogen and oxygen atoms in total. The van der Waals surface area contributed by atoms with Gasteiger partial charge in [0.1, 0.15) is 30.2 Å². The van der Waals surface area contributed by atoms with Crippen molar-refractivity contribution in [2.24, 2.45) is 0 Å². The zero-order valence-electron chi connectivity index (χ0n) is 10.1. The molecular formula is C10H13CoN5O4. The largest absolute Gasteiger partial charge is 0.394 e. The molecule has 1 fully saturated rings. The van der Waals surface area contributed by atoms with Crippen molar-refractivity contribution in [1.29, 1.82) is 0 Å². The molecule has 0 saturated carbocycles. The van der Waals surface area contributed by atoms with Crippen LogP contribution in [0.3, 0.4) is 0 Å². The summed E-state index contributed by atoms with van der Waals surface area (Å²) in [6.45, 7) is -0.390. The van der Waals surface area contributed by atoms with Crippen molar-refractivity contribution in [3.8, 4) is 0 Å². The Bertz CT molecular complexity index is 608. The van der Waals surface area contributed by atoms with Crippen molar-refractivity contribution in [3.63, 3.8) is 0 Å². The first-order chi connectivity index (χ1) is 9.13. The summed E-state index contributed by atoms with van der Waals surface area (Å²) in [5.74, 6) is 0.218. The Labute approximate surface area is 123 Å². The first-order valence-corrected chi connectivity index (χ1v) is 5.69. The topological polar surface area (TPSA) is 140 Å². The molecule has 0 spiro atoms. The van der Waals surface area contributed by atoms with Crippen LogP contribution < -0.4 is 5.73 Å². The van der Waals surface area contributed by atoms with E-state index in [1.54, 1.807) is 0 Å². The van der Waals surface area contributed by atoms with Crippen LogP contribution in [0.4, 0.5) is 5.82 Å². The Morgan fingerprint density at radius 2 is 2.00 bits per heavy atom. The summed E-state index contributed by atoms with van der Waals surface area (Å²) in [5.41, 5.74) is 6.44. The Hall–Kier alpha value is -1.30. The molecule has 1 aliphatic rings. The molecule has 1 saturated heterocycles. The normalized spacial score (nSPS) is 29.6. The fraction of sp³-hybridized carbons (Fsp3) is 0.500. The average Bonchev–Trinajstić information content (AvgIpc) is 2.94. The van der Waals surface area contributed by atoms with Gasteiger partial charge < -0.3 is 25.8 Å². The van der Waals surface area contributed by atoms with Gasteiger partial charge in [-0.1, -0.05) is 0 Å². The van der Waals surface area contributed by atoms with Crippen molar-refractivity contribution in [1.82, 2.24) is 19.5 Å². The van der Waals surface area contributed by atoms with Crippen LogP contribution in [0.25, 0.3) is 11.2 Å². The van der Waals surface area contributed by atoms with Crippen LogP contribution in [0.2, 0.25) is 0 Å². The molecule has 1 radical (unpaired) electrons. The molecule has 5 N–H and O–H groups in total. The summed E-state index contributed by atoms with van der Waals surface area (Å²) in [7, 11) is 0. The summed E-state index contributed by atoms with van der Waals surface area (Å²) in [6, 6.07) is 0. The number of imidazole rings is 1. The molecule has 2 aromatic heterocycles. The average molecular weight is 326 g/mol. The zero-order valence-corrected chi connectivity index (χ0v) is 11.2. The number of anilines is 1. The monoisotopic (exact) mass is 326 g/mol. The van der Waals surface area contributed by atoms with Crippen molar-refractivity contribution in [2.45, 2.75) is 24.5 Å². The van der Waals surface area contributed by atoms with Crippen LogP contribution >= 0.6 is 0 Å². The number of ether oxygens (including phenoxy) is 1. The Morgan fingerprint density at radius 3 is 2.65 bits per heavy atom. The van der Waals surface area contributed by atoms with Crippen LogP contribution in [0.5, 0.6) is 0 Å². The summed E-state index contributed by atoms with van der Waals surface area (Å²) in [6.07, 6.45) is -1.42. The molecule has 0 aliphatic carbocycles. The quantitative estimate of drug-likeness (QED) is 0.498. The van der Waals surface area contributed by atoms with E-state index in [0.29, 0.717) is 11.2 Å². The van der Waals surface area contributed by atoms with E-state index in [9.17, 15) is 10.2 Å². The summed E-state index contributed by atoms with van der Waals surface area (Å²) < 4.78 is 6.85. The van der Waals surface area contributed by atoms with Gasteiger partial charge >= 0.3 is 0 Å². The van der Waals surface area contributed by atoms with Crippen LogP contribution in [0, 0.1) is 0 Å². The molecule has 0 aromatic carbocycles. The predicted octanol–water partition coefficient (Wildman–Crippen LogP) is -1.98. The minimum absolute atomic E-state index is 0. The van der Waals surface area contributed by atoms with E-state index >= 15 is 0 Å². The number of fused-ring (bicyclic) bond motifs is 1. The molecule has 3 heterocycles. The zero-order chi connectivity index (χ0) is 13.6. The van der Waals surface area contributed by atoms with Crippen LogP contribution in [0.1, 0.15) is 6.23 Å². The molecule has 4 atom stereocenters. The first-order valence-electron chi connectivity index (χ1n) is 5.69. The number of rotatable bonds is 2. The second-order valence-corrected chi connectivity index (χ2v) is 4.31. The third-order valence-electron chi connectivity index (χ3n) is 3.18. The maximum atomic E-state index is 9.95. The minimum atomic E-state index is -1.19. The molecule has 2 aromatic rings. The Kier molecular flexibility index (Phi) is 4.22. The summed E-state index contributed by atoms with van der Waals surface area (Å²) in [4.78, 5) is 11.9. The number of nitrogens with two attached hydrogens (primary N) is 1. The molecule has 0 amide bonds. The van der Waals surface area contributed by atoms with Gasteiger partial charge in [0.25, 0.3) is 0 Å². The molecule has 1 aliphatic heterocycles. The molecular weight excluding hydrogens is 313 g/mol. The van der Waals surface area contributed by atoms with Gasteiger partial charge in [0.15, 0.2) is 17.7 Å². The van der Waals surface area contributed by atoms with Gasteiger partial charge in [0.2, 0.25) is 0 Å². The van der Waals surface area contributed by atoms with E-state index < -0.39 is 31.1 Å². The van der Waals surface area contributed by atoms with Crippen molar-refractivity contribution in [2.75, 3.05) is 12.3 Å². The summed E-state index contributed by atoms with van der Waals surface area (Å²) >= 11 is 0. The van der Waals surface area contributed by atoms with E-state index in [0.717, 1.165) is 0 Å². The molecule has 0 bridgehead atoms. The molecule has 10 heteroatoms. The maximum Gasteiger partial charge on any atom is 0.167 e. The van der Waals surface area contributed by atoms with E-state index in [-0.39, 0.29) is 22.6 Å². The van der Waals surface area contributed by atoms with E-state index in [1.165, 1.54) is 17.2 Å². The number of hydrogen-bond acceptors (Lipinski definition) is 8. The third kappa shape index (κ3) is 2.15. The van der Waals surface area contributed by atoms with Crippen LogP contribution in [-0.2, 0) is 21.5 Å². The number of nitrogen functional groups attached to an aromatic ring is 1. The minimum Gasteiger partial charge on any atom is -0.394 e. The first kappa shape index (κ1) is 15.1. The second kappa shape index (κ2) is 5.59. The number of nitrogens with zero attached hydrogens (tertiary/aromatic N) is 4. The van der Waals surface area contributed by atoms with Gasteiger partial charge in [-0.3, -0.25) is 4.57 Å². The molecule has 0 unspecified atom stereocenters. The van der Waals surface area contributed by atoms with Crippen LogP contribution in [0.15, 0.2) is 12.7 Å².